The van der Waals surface area contributed by atoms with Crippen molar-refractivity contribution in [1.82, 2.24) is 4.98 Å². The minimum atomic E-state index is -0.397. The van der Waals surface area contributed by atoms with Crippen LogP contribution in [-0.2, 0) is 9.59 Å². The van der Waals surface area contributed by atoms with Crippen molar-refractivity contribution in [2.75, 3.05) is 4.90 Å². The van der Waals surface area contributed by atoms with Crippen molar-refractivity contribution in [2.24, 2.45) is 29.6 Å². The van der Waals surface area contributed by atoms with Crippen LogP contribution in [0.2, 0.25) is 0 Å². The number of carbonyl (C=O) groups is 2. The lowest BCUT2D eigenvalue weighted by molar-refractivity contribution is -0.123. The van der Waals surface area contributed by atoms with E-state index in [1.165, 1.54) is 51.6 Å². The first-order chi connectivity index (χ1) is 16.4. The molecule has 2 bridgehead atoms. The first-order valence-electron chi connectivity index (χ1n) is 11.5. The highest BCUT2D eigenvalue weighted by molar-refractivity contribution is 8.00. The molecule has 7 rings (SSSR count). The second kappa shape index (κ2) is 7.15. The number of hydrogen-bond acceptors (Lipinski definition) is 5. The zero-order chi connectivity index (χ0) is 23.3. The van der Waals surface area contributed by atoms with Crippen LogP contribution in [-0.4, -0.2) is 22.0 Å². The molecule has 4 aliphatic rings. The quantitative estimate of drug-likeness (QED) is 0.533. The van der Waals surface area contributed by atoms with E-state index < -0.39 is 5.82 Å². The molecule has 7 atom stereocenters. The van der Waals surface area contributed by atoms with Gasteiger partial charge in [0.2, 0.25) is 11.8 Å². The molecule has 2 amide bonds. The summed E-state index contributed by atoms with van der Waals surface area (Å²) in [5.41, 5.74) is 2.82. The van der Waals surface area contributed by atoms with Crippen LogP contribution < -0.4 is 9.77 Å². The number of imide groups is 1. The van der Waals surface area contributed by atoms with E-state index in [0.717, 1.165) is 16.3 Å². The number of fused-ring (bicyclic) bond motifs is 9. The Hall–Kier alpha value is -2.71. The van der Waals surface area contributed by atoms with Crippen molar-refractivity contribution in [3.8, 4) is 0 Å². The summed E-state index contributed by atoms with van der Waals surface area (Å²) in [5, 5.41) is 1.08. The maximum atomic E-state index is 13.7. The van der Waals surface area contributed by atoms with Crippen molar-refractivity contribution in [1.29, 1.82) is 0 Å². The van der Waals surface area contributed by atoms with Crippen molar-refractivity contribution < 1.29 is 14.0 Å². The molecule has 8 heteroatoms. The van der Waals surface area contributed by atoms with E-state index >= 15 is 0 Å². The number of benzene rings is 2. The number of H-pyrrole nitrogens is 1. The fraction of sp³-hybridized carbons (Fsp3) is 0.346. The number of amides is 2. The lowest BCUT2D eigenvalue weighted by Crippen LogP contribution is -2.42. The molecule has 5 nitrogen and oxygen atoms in total. The number of aromatic nitrogens is 1. The normalized spacial score (nSPS) is 33.2. The van der Waals surface area contributed by atoms with Crippen LogP contribution in [0.1, 0.15) is 28.3 Å². The predicted molar refractivity (Wildman–Crippen MR) is 129 cm³/mol. The molecule has 2 saturated carbocycles. The Bertz CT molecular complexity index is 1410. The Balaban J connectivity index is 1.34. The second-order valence-electron chi connectivity index (χ2n) is 9.81. The molecule has 2 aliphatic heterocycles. The van der Waals surface area contributed by atoms with Gasteiger partial charge in [-0.2, -0.15) is 0 Å². The fourth-order valence-corrected chi connectivity index (χ4v) is 10.0. The largest absolute Gasteiger partial charge is 0.307 e. The standard InChI is InChI=1S/C26H21FN2O3S2/c1-11-4-2-3-5-14(11)17-18-15-10-16(21(18)33-23-22(17)34-26(32)28-23)20-19(15)24(30)29(25(20)31)13-8-6-12(27)7-9-13/h2-9,15-21H,10H2,1H3,(H,28,32)/t15-,16+,17-,18+,19+,20+,21-/m1/s1. The maximum Gasteiger partial charge on any atom is 0.305 e. The van der Waals surface area contributed by atoms with Gasteiger partial charge in [-0.15, -0.1) is 11.8 Å². The van der Waals surface area contributed by atoms with Crippen LogP contribution in [0.3, 0.4) is 0 Å². The number of thiazole rings is 1. The topological polar surface area (TPSA) is 70.2 Å². The third kappa shape index (κ3) is 2.64. The number of anilines is 1. The summed E-state index contributed by atoms with van der Waals surface area (Å²) in [4.78, 5) is 44.9. The van der Waals surface area contributed by atoms with Crippen molar-refractivity contribution >= 4 is 40.6 Å². The Morgan fingerprint density at radius 2 is 1.68 bits per heavy atom. The highest BCUT2D eigenvalue weighted by Crippen LogP contribution is 2.68. The average molecular weight is 493 g/mol. The zero-order valence-electron chi connectivity index (χ0n) is 18.2. The number of halogens is 1. The monoisotopic (exact) mass is 492 g/mol. The highest BCUT2D eigenvalue weighted by atomic mass is 32.2. The van der Waals surface area contributed by atoms with Crippen LogP contribution in [0.25, 0.3) is 0 Å². The molecule has 3 heterocycles. The van der Waals surface area contributed by atoms with E-state index in [0.29, 0.717) is 5.69 Å². The summed E-state index contributed by atoms with van der Waals surface area (Å²) in [5.74, 6) is -1.05. The van der Waals surface area contributed by atoms with Gasteiger partial charge in [0.1, 0.15) is 5.82 Å². The molecule has 172 valence electrons. The van der Waals surface area contributed by atoms with E-state index in [1.807, 2.05) is 12.1 Å². The maximum absolute atomic E-state index is 13.7. The second-order valence-corrected chi connectivity index (χ2v) is 12.0. The Morgan fingerprint density at radius 3 is 2.41 bits per heavy atom. The van der Waals surface area contributed by atoms with E-state index in [2.05, 4.69) is 24.0 Å². The third-order valence-electron chi connectivity index (χ3n) is 8.33. The molecule has 2 aliphatic carbocycles. The lowest BCUT2D eigenvalue weighted by Gasteiger charge is -2.43. The molecule has 1 aromatic heterocycles. The third-order valence-corrected chi connectivity index (χ3v) is 10.9. The highest BCUT2D eigenvalue weighted by Gasteiger charge is 2.69. The van der Waals surface area contributed by atoms with Gasteiger partial charge in [0.25, 0.3) is 0 Å². The molecule has 0 radical (unpaired) electrons. The number of hydrogen-bond donors (Lipinski definition) is 1. The number of nitrogens with one attached hydrogen (secondary N) is 1. The van der Waals surface area contributed by atoms with Crippen molar-refractivity contribution in [3.05, 3.63) is 80.0 Å². The molecule has 2 aromatic carbocycles. The predicted octanol–water partition coefficient (Wildman–Crippen LogP) is 4.56. The summed E-state index contributed by atoms with van der Waals surface area (Å²) in [6, 6.07) is 13.9. The van der Waals surface area contributed by atoms with Crippen LogP contribution in [0.4, 0.5) is 10.1 Å². The summed E-state index contributed by atoms with van der Waals surface area (Å²) < 4.78 is 13.5. The zero-order valence-corrected chi connectivity index (χ0v) is 19.9. The van der Waals surface area contributed by atoms with Gasteiger partial charge < -0.3 is 4.98 Å². The van der Waals surface area contributed by atoms with Gasteiger partial charge in [-0.25, -0.2) is 4.39 Å². The van der Waals surface area contributed by atoms with E-state index in [1.54, 1.807) is 11.8 Å². The first kappa shape index (κ1) is 20.6. The Morgan fingerprint density at radius 1 is 0.971 bits per heavy atom. The van der Waals surface area contributed by atoms with Gasteiger partial charge in [-0.05, 0) is 66.5 Å². The van der Waals surface area contributed by atoms with Crippen LogP contribution in [0, 0.1) is 42.3 Å². The number of carbonyl (C=O) groups excluding carboxylic acids is 2. The van der Waals surface area contributed by atoms with Crippen molar-refractivity contribution in [2.45, 2.75) is 29.5 Å². The van der Waals surface area contributed by atoms with Crippen LogP contribution in [0.15, 0.2) is 58.4 Å². The Labute approximate surface area is 203 Å². The summed E-state index contributed by atoms with van der Waals surface area (Å²) in [6.07, 6.45) is 0.855. The average Bonchev–Trinajstić information content (AvgIpc) is 3.54. The minimum Gasteiger partial charge on any atom is -0.307 e. The molecular weight excluding hydrogens is 471 g/mol. The van der Waals surface area contributed by atoms with Crippen molar-refractivity contribution in [3.63, 3.8) is 0 Å². The molecule has 0 unspecified atom stereocenters. The smallest absolute Gasteiger partial charge is 0.305 e. The Kier molecular flexibility index (Phi) is 4.34. The van der Waals surface area contributed by atoms with Gasteiger partial charge in [0.15, 0.2) is 0 Å². The molecule has 1 N–H and O–H groups in total. The molecule has 3 fully saturated rings. The lowest BCUT2D eigenvalue weighted by atomic mass is 9.67. The summed E-state index contributed by atoms with van der Waals surface area (Å²) >= 11 is 2.96. The number of rotatable bonds is 2. The van der Waals surface area contributed by atoms with E-state index in [9.17, 15) is 18.8 Å². The SMILES string of the molecule is Cc1ccccc1[C@H]1c2sc(=O)[nH]c2S[C@@H]2[C@H]3C[C@@H]([C@@H]4C(=O)N(c5ccc(F)cc5)C(=O)[C@@H]34)[C@@H]12. The number of aromatic amines is 1. The summed E-state index contributed by atoms with van der Waals surface area (Å²) in [7, 11) is 0. The molecule has 1 saturated heterocycles. The van der Waals surface area contributed by atoms with Gasteiger partial charge in [-0.1, -0.05) is 35.6 Å². The number of thioether (sulfide) groups is 1. The van der Waals surface area contributed by atoms with E-state index in [-0.39, 0.29) is 57.4 Å². The van der Waals surface area contributed by atoms with Gasteiger partial charge >= 0.3 is 4.87 Å². The fourth-order valence-electron chi connectivity index (χ4n) is 7.15. The van der Waals surface area contributed by atoms with Crippen LogP contribution >= 0.6 is 23.1 Å². The number of aryl methyl sites for hydroxylation is 1. The molecule has 3 aromatic rings. The minimum absolute atomic E-state index is 0.0325. The molecule has 34 heavy (non-hydrogen) atoms. The van der Waals surface area contributed by atoms with Gasteiger partial charge in [0, 0.05) is 16.0 Å². The molecule has 0 spiro atoms. The molecular formula is C26H21FN2O3S2. The van der Waals surface area contributed by atoms with Gasteiger partial charge in [0.05, 0.1) is 22.5 Å². The van der Waals surface area contributed by atoms with Crippen LogP contribution in [0.5, 0.6) is 0 Å². The first-order valence-corrected chi connectivity index (χ1v) is 13.2. The van der Waals surface area contributed by atoms with E-state index in [4.69, 9.17) is 0 Å². The number of nitrogens with zero attached hydrogens (tertiary/aromatic N) is 1. The van der Waals surface area contributed by atoms with Gasteiger partial charge in [-0.3, -0.25) is 19.3 Å². The summed E-state index contributed by atoms with van der Waals surface area (Å²) in [6.45, 7) is 2.09.